The zero-order valence-corrected chi connectivity index (χ0v) is 13.8. The van der Waals surface area contributed by atoms with Gasteiger partial charge in [0.1, 0.15) is 0 Å². The van der Waals surface area contributed by atoms with Crippen LogP contribution in [0, 0.1) is 0 Å². The smallest absolute Gasteiger partial charge is 0.195 e. The van der Waals surface area contributed by atoms with E-state index in [1.165, 1.54) is 44.2 Å². The fourth-order valence-electron chi connectivity index (χ4n) is 4.78. The van der Waals surface area contributed by atoms with Gasteiger partial charge in [0.15, 0.2) is 8.32 Å². The lowest BCUT2D eigenvalue weighted by Crippen LogP contribution is -2.47. The van der Waals surface area contributed by atoms with Crippen molar-refractivity contribution in [3.8, 4) is 0 Å². The molecule has 4 heteroatoms. The summed E-state index contributed by atoms with van der Waals surface area (Å²) < 4.78 is 18.3. The van der Waals surface area contributed by atoms with Crippen molar-refractivity contribution < 1.29 is 13.9 Å². The van der Waals surface area contributed by atoms with Crippen LogP contribution in [-0.4, -0.2) is 38.8 Å². The molecular formula is C16H28O3Si. The van der Waals surface area contributed by atoms with Gasteiger partial charge in [-0.25, -0.2) is 0 Å². The average molecular weight is 296 g/mol. The van der Waals surface area contributed by atoms with Crippen LogP contribution in [-0.2, 0) is 13.9 Å². The van der Waals surface area contributed by atoms with E-state index in [1.54, 1.807) is 0 Å². The van der Waals surface area contributed by atoms with Crippen LogP contribution in [0.4, 0.5) is 0 Å². The molecule has 0 spiro atoms. The molecule has 2 aliphatic heterocycles. The monoisotopic (exact) mass is 296 g/mol. The van der Waals surface area contributed by atoms with E-state index in [2.05, 4.69) is 13.8 Å². The van der Waals surface area contributed by atoms with Crippen molar-refractivity contribution in [1.82, 2.24) is 0 Å². The third kappa shape index (κ3) is 2.38. The van der Waals surface area contributed by atoms with Crippen molar-refractivity contribution in [3.05, 3.63) is 0 Å². The molecule has 0 aromatic rings. The van der Waals surface area contributed by atoms with Crippen LogP contribution in [0.2, 0.25) is 17.6 Å². The molecule has 0 bridgehead atoms. The SMILES string of the molecule is CC[Si](CC)(OC1CCC2OC2C1)C1CCC2OC2C1. The molecule has 2 saturated heterocycles. The Hall–Kier alpha value is 0.0969. The Morgan fingerprint density at radius 3 is 2.10 bits per heavy atom. The Balaban J connectivity index is 1.43. The standard InChI is InChI=1S/C16H28O3Si/c1-3-20(4-2,12-6-8-14-16(10-12)18-14)19-11-5-7-13-15(9-11)17-13/h11-16H,3-10H2,1-2H3. The predicted octanol–water partition coefficient (Wildman–Crippen LogP) is 3.63. The van der Waals surface area contributed by atoms with Crippen LogP contribution in [0.15, 0.2) is 0 Å². The molecule has 114 valence electrons. The van der Waals surface area contributed by atoms with E-state index in [-0.39, 0.29) is 0 Å². The summed E-state index contributed by atoms with van der Waals surface area (Å²) in [5, 5.41) is 0. The van der Waals surface area contributed by atoms with Crippen molar-refractivity contribution in [2.75, 3.05) is 0 Å². The Kier molecular flexibility index (Phi) is 3.49. The van der Waals surface area contributed by atoms with Crippen molar-refractivity contribution in [2.24, 2.45) is 0 Å². The van der Waals surface area contributed by atoms with E-state index in [0.717, 1.165) is 12.0 Å². The average Bonchev–Trinajstić information content (AvgIpc) is 3.36. The highest BCUT2D eigenvalue weighted by atomic mass is 28.4. The lowest BCUT2D eigenvalue weighted by atomic mass is 9.98. The van der Waals surface area contributed by atoms with Crippen molar-refractivity contribution >= 4 is 8.32 Å². The lowest BCUT2D eigenvalue weighted by molar-refractivity contribution is 0.143. The Labute approximate surface area is 123 Å². The molecule has 0 aromatic carbocycles. The fourth-order valence-corrected chi connectivity index (χ4v) is 9.19. The summed E-state index contributed by atoms with van der Waals surface area (Å²) in [7, 11) is -1.59. The van der Waals surface area contributed by atoms with E-state index in [4.69, 9.17) is 13.9 Å². The van der Waals surface area contributed by atoms with Gasteiger partial charge in [0.25, 0.3) is 0 Å². The first-order chi connectivity index (χ1) is 9.74. The van der Waals surface area contributed by atoms with Crippen LogP contribution >= 0.6 is 0 Å². The molecule has 4 fully saturated rings. The van der Waals surface area contributed by atoms with Gasteiger partial charge in [0, 0.05) is 12.5 Å². The molecule has 0 radical (unpaired) electrons. The molecule has 6 unspecified atom stereocenters. The molecular weight excluding hydrogens is 268 g/mol. The number of hydrogen-bond donors (Lipinski definition) is 0. The molecule has 20 heavy (non-hydrogen) atoms. The molecule has 0 N–H and O–H groups in total. The van der Waals surface area contributed by atoms with Crippen molar-refractivity contribution in [3.63, 3.8) is 0 Å². The van der Waals surface area contributed by atoms with Gasteiger partial charge in [0.2, 0.25) is 0 Å². The van der Waals surface area contributed by atoms with Crippen molar-refractivity contribution in [2.45, 2.75) is 101 Å². The second kappa shape index (κ2) is 5.08. The van der Waals surface area contributed by atoms with Gasteiger partial charge < -0.3 is 13.9 Å². The highest BCUT2D eigenvalue weighted by Crippen LogP contribution is 2.50. The number of fused-ring (bicyclic) bond motifs is 2. The van der Waals surface area contributed by atoms with Gasteiger partial charge in [-0.05, 0) is 49.7 Å². The predicted molar refractivity (Wildman–Crippen MR) is 80.4 cm³/mol. The van der Waals surface area contributed by atoms with E-state index in [9.17, 15) is 0 Å². The largest absolute Gasteiger partial charge is 0.414 e. The van der Waals surface area contributed by atoms with Gasteiger partial charge in [-0.15, -0.1) is 0 Å². The molecule has 6 atom stereocenters. The second-order valence-electron chi connectivity index (χ2n) is 7.26. The maximum Gasteiger partial charge on any atom is 0.195 e. The maximum atomic E-state index is 6.88. The van der Waals surface area contributed by atoms with E-state index in [1.807, 2.05) is 0 Å². The third-order valence-corrected chi connectivity index (χ3v) is 11.5. The molecule has 4 aliphatic rings. The van der Waals surface area contributed by atoms with Crippen LogP contribution in [0.1, 0.15) is 52.4 Å². The molecule has 4 rings (SSSR count). The topological polar surface area (TPSA) is 34.3 Å². The Morgan fingerprint density at radius 2 is 1.50 bits per heavy atom. The quantitative estimate of drug-likeness (QED) is 0.574. The van der Waals surface area contributed by atoms with E-state index < -0.39 is 8.32 Å². The maximum absolute atomic E-state index is 6.88. The van der Waals surface area contributed by atoms with E-state index >= 15 is 0 Å². The fraction of sp³-hybridized carbons (Fsp3) is 1.00. The highest BCUT2D eigenvalue weighted by molar-refractivity contribution is 6.75. The minimum Gasteiger partial charge on any atom is -0.414 e. The molecule has 3 nitrogen and oxygen atoms in total. The first-order valence-electron chi connectivity index (χ1n) is 8.73. The summed E-state index contributed by atoms with van der Waals surface area (Å²) in [6.45, 7) is 4.74. The number of ether oxygens (including phenoxy) is 2. The van der Waals surface area contributed by atoms with Crippen molar-refractivity contribution in [1.29, 1.82) is 0 Å². The van der Waals surface area contributed by atoms with Gasteiger partial charge in [0.05, 0.1) is 24.4 Å². The summed E-state index contributed by atoms with van der Waals surface area (Å²) in [5.41, 5.74) is 0.832. The van der Waals surface area contributed by atoms with E-state index in [0.29, 0.717) is 30.5 Å². The summed E-state index contributed by atoms with van der Waals surface area (Å²) in [4.78, 5) is 0. The second-order valence-corrected chi connectivity index (χ2v) is 11.9. The van der Waals surface area contributed by atoms with Gasteiger partial charge >= 0.3 is 0 Å². The lowest BCUT2D eigenvalue weighted by Gasteiger charge is -2.41. The summed E-state index contributed by atoms with van der Waals surface area (Å²) in [5.74, 6) is 0. The molecule has 2 aliphatic carbocycles. The normalized spacial score (nSPS) is 46.5. The molecule has 2 saturated carbocycles. The zero-order valence-electron chi connectivity index (χ0n) is 12.8. The third-order valence-electron chi connectivity index (χ3n) is 6.30. The van der Waals surface area contributed by atoms with Gasteiger partial charge in [-0.3, -0.25) is 0 Å². The molecule has 2 heterocycles. The highest BCUT2D eigenvalue weighted by Gasteiger charge is 2.53. The molecule has 0 amide bonds. The Bertz CT molecular complexity index is 371. The van der Waals surface area contributed by atoms with Crippen LogP contribution in [0.5, 0.6) is 0 Å². The molecule has 0 aromatic heterocycles. The number of epoxide rings is 2. The Morgan fingerprint density at radius 1 is 0.850 bits per heavy atom. The first kappa shape index (κ1) is 13.7. The summed E-state index contributed by atoms with van der Waals surface area (Å²) in [6, 6.07) is 2.55. The van der Waals surface area contributed by atoms with Gasteiger partial charge in [-0.1, -0.05) is 13.8 Å². The summed E-state index contributed by atoms with van der Waals surface area (Å²) in [6.07, 6.45) is 10.4. The first-order valence-corrected chi connectivity index (χ1v) is 11.1. The minimum absolute atomic E-state index is 0.489. The minimum atomic E-state index is -1.59. The number of hydrogen-bond acceptors (Lipinski definition) is 3. The van der Waals surface area contributed by atoms with Crippen LogP contribution in [0.3, 0.4) is 0 Å². The number of rotatable bonds is 5. The van der Waals surface area contributed by atoms with Crippen LogP contribution in [0.25, 0.3) is 0 Å². The summed E-state index contributed by atoms with van der Waals surface area (Å²) >= 11 is 0. The zero-order chi connectivity index (χ0) is 13.7. The van der Waals surface area contributed by atoms with Crippen LogP contribution < -0.4 is 0 Å². The van der Waals surface area contributed by atoms with Gasteiger partial charge in [-0.2, -0.15) is 0 Å².